The van der Waals surface area contributed by atoms with Gasteiger partial charge in [0.25, 0.3) is 10.1 Å². The van der Waals surface area contributed by atoms with E-state index in [0.717, 1.165) is 19.1 Å². The molecule has 4 atom stereocenters. The lowest BCUT2D eigenvalue weighted by molar-refractivity contribution is -0.134. The summed E-state index contributed by atoms with van der Waals surface area (Å²) >= 11 is 0. The van der Waals surface area contributed by atoms with Crippen molar-refractivity contribution in [2.45, 2.75) is 25.2 Å². The maximum absolute atomic E-state index is 12.2. The van der Waals surface area contributed by atoms with Crippen molar-refractivity contribution in [3.05, 3.63) is 35.9 Å². The molecule has 4 unspecified atom stereocenters. The molecule has 0 spiro atoms. The van der Waals surface area contributed by atoms with Crippen LogP contribution in [0, 0.1) is 17.8 Å². The number of carbonyl (C=O) groups excluding carboxylic acids is 1. The molecular weight excluding hydrogens is 288 g/mol. The Balaban J connectivity index is 1.90. The first-order valence-electron chi connectivity index (χ1n) is 7.38. The molecule has 1 aromatic rings. The molecule has 0 N–H and O–H groups in total. The fraction of sp³-hybridized carbons (Fsp3) is 0.562. The van der Waals surface area contributed by atoms with Crippen LogP contribution in [0.25, 0.3) is 0 Å². The number of Topliss-reactive ketones (excluding diaryl/α,β-unsaturated/α-hetero) is 1. The summed E-state index contributed by atoms with van der Waals surface area (Å²) in [6.45, 7) is 0.116. The number of carbonyl (C=O) groups is 1. The van der Waals surface area contributed by atoms with E-state index in [2.05, 4.69) is 12.1 Å². The highest BCUT2D eigenvalue weighted by Gasteiger charge is 2.48. The van der Waals surface area contributed by atoms with Crippen LogP contribution in [0.2, 0.25) is 0 Å². The minimum absolute atomic E-state index is 0.0258. The predicted molar refractivity (Wildman–Crippen MR) is 79.3 cm³/mol. The van der Waals surface area contributed by atoms with E-state index in [0.29, 0.717) is 12.3 Å². The van der Waals surface area contributed by atoms with E-state index >= 15 is 0 Å². The second kappa shape index (κ2) is 5.54. The average molecular weight is 308 g/mol. The fourth-order valence-corrected chi connectivity index (χ4v) is 4.45. The van der Waals surface area contributed by atoms with Crippen LogP contribution >= 0.6 is 0 Å². The van der Waals surface area contributed by atoms with E-state index in [4.69, 9.17) is 4.18 Å². The van der Waals surface area contributed by atoms with Crippen molar-refractivity contribution in [3.63, 3.8) is 0 Å². The topological polar surface area (TPSA) is 60.4 Å². The standard InChI is InChI=1S/C16H20O4S/c1-21(18,19)20-10-14-13-8-7-12(9-15(13)17)16(14)11-5-3-2-4-6-11/h2-6,12-14,16H,7-10H2,1H3. The number of benzene rings is 1. The Labute approximate surface area is 125 Å². The van der Waals surface area contributed by atoms with Crippen LogP contribution in [0.3, 0.4) is 0 Å². The molecule has 0 radical (unpaired) electrons. The third kappa shape index (κ3) is 3.04. The molecule has 3 fully saturated rings. The van der Waals surface area contributed by atoms with E-state index in [1.807, 2.05) is 18.2 Å². The zero-order valence-electron chi connectivity index (χ0n) is 12.1. The Bertz CT molecular complexity index is 623. The van der Waals surface area contributed by atoms with E-state index in [-0.39, 0.29) is 30.1 Å². The van der Waals surface area contributed by atoms with Crippen LogP contribution in [0.5, 0.6) is 0 Å². The van der Waals surface area contributed by atoms with Gasteiger partial charge in [-0.25, -0.2) is 0 Å². The van der Waals surface area contributed by atoms with Crippen LogP contribution in [-0.4, -0.2) is 27.1 Å². The van der Waals surface area contributed by atoms with E-state index in [1.165, 1.54) is 5.56 Å². The second-order valence-corrected chi connectivity index (χ2v) is 7.85. The van der Waals surface area contributed by atoms with E-state index in [9.17, 15) is 13.2 Å². The summed E-state index contributed by atoms with van der Waals surface area (Å²) in [5.41, 5.74) is 1.20. The Morgan fingerprint density at radius 2 is 1.90 bits per heavy atom. The molecule has 0 saturated heterocycles. The van der Waals surface area contributed by atoms with Gasteiger partial charge >= 0.3 is 0 Å². The maximum atomic E-state index is 12.2. The van der Waals surface area contributed by atoms with Gasteiger partial charge in [0.2, 0.25) is 0 Å². The monoisotopic (exact) mass is 308 g/mol. The molecular formula is C16H20O4S. The zero-order chi connectivity index (χ0) is 15.0. The number of rotatable bonds is 4. The molecule has 3 aliphatic carbocycles. The lowest BCUT2D eigenvalue weighted by Gasteiger charge is -2.47. The SMILES string of the molecule is CS(=O)(=O)OCC1C2CCC(CC2=O)C1c1ccccc1. The van der Waals surface area contributed by atoms with Gasteiger partial charge in [-0.2, -0.15) is 8.42 Å². The number of fused-ring (bicyclic) bond motifs is 3. The van der Waals surface area contributed by atoms with Crippen LogP contribution in [0.15, 0.2) is 30.3 Å². The summed E-state index contributed by atoms with van der Waals surface area (Å²) in [5, 5.41) is 0. The fourth-order valence-electron chi connectivity index (χ4n) is 4.04. The maximum Gasteiger partial charge on any atom is 0.264 e. The molecule has 3 saturated carbocycles. The molecule has 0 amide bonds. The molecule has 21 heavy (non-hydrogen) atoms. The molecule has 0 heterocycles. The van der Waals surface area contributed by atoms with Crippen molar-refractivity contribution in [2.24, 2.45) is 17.8 Å². The van der Waals surface area contributed by atoms with Gasteiger partial charge in [0, 0.05) is 18.3 Å². The summed E-state index contributed by atoms with van der Waals surface area (Å²) in [5.74, 6) is 0.743. The van der Waals surface area contributed by atoms with Crippen molar-refractivity contribution < 1.29 is 17.4 Å². The smallest absolute Gasteiger partial charge is 0.264 e. The minimum atomic E-state index is -3.47. The molecule has 4 nitrogen and oxygen atoms in total. The summed E-state index contributed by atoms with van der Waals surface area (Å²) in [6.07, 6.45) is 3.60. The van der Waals surface area contributed by atoms with Crippen LogP contribution in [0.4, 0.5) is 0 Å². The quantitative estimate of drug-likeness (QED) is 0.801. The van der Waals surface area contributed by atoms with Crippen LogP contribution in [0.1, 0.15) is 30.7 Å². The highest BCUT2D eigenvalue weighted by atomic mass is 32.2. The summed E-state index contributed by atoms with van der Waals surface area (Å²) in [4.78, 5) is 12.2. The first-order chi connectivity index (χ1) is 9.96. The summed E-state index contributed by atoms with van der Waals surface area (Å²) < 4.78 is 27.6. The van der Waals surface area contributed by atoms with Gasteiger partial charge < -0.3 is 0 Å². The van der Waals surface area contributed by atoms with Gasteiger partial charge in [-0.15, -0.1) is 0 Å². The predicted octanol–water partition coefficient (Wildman–Crippen LogP) is 2.36. The molecule has 2 bridgehead atoms. The van der Waals surface area contributed by atoms with Gasteiger partial charge in [-0.05, 0) is 30.2 Å². The first kappa shape index (κ1) is 14.7. The molecule has 3 aliphatic rings. The Hall–Kier alpha value is -1.20. The minimum Gasteiger partial charge on any atom is -0.299 e. The largest absolute Gasteiger partial charge is 0.299 e. The second-order valence-electron chi connectivity index (χ2n) is 6.20. The van der Waals surface area contributed by atoms with Crippen molar-refractivity contribution in [1.82, 2.24) is 0 Å². The van der Waals surface area contributed by atoms with Crippen molar-refractivity contribution >= 4 is 15.9 Å². The summed E-state index contributed by atoms with van der Waals surface area (Å²) in [6, 6.07) is 10.1. The number of ketones is 1. The lowest BCUT2D eigenvalue weighted by Crippen LogP contribution is -2.46. The molecule has 1 aromatic carbocycles. The van der Waals surface area contributed by atoms with Crippen LogP contribution < -0.4 is 0 Å². The van der Waals surface area contributed by atoms with Crippen molar-refractivity contribution in [2.75, 3.05) is 12.9 Å². The van der Waals surface area contributed by atoms with Crippen molar-refractivity contribution in [3.8, 4) is 0 Å². The Morgan fingerprint density at radius 3 is 2.52 bits per heavy atom. The molecule has 5 heteroatoms. The van der Waals surface area contributed by atoms with Gasteiger partial charge in [-0.3, -0.25) is 8.98 Å². The molecule has 0 aromatic heterocycles. The highest BCUT2D eigenvalue weighted by molar-refractivity contribution is 7.85. The molecule has 114 valence electrons. The van der Waals surface area contributed by atoms with Gasteiger partial charge in [-0.1, -0.05) is 30.3 Å². The number of hydrogen-bond donors (Lipinski definition) is 0. The van der Waals surface area contributed by atoms with E-state index < -0.39 is 10.1 Å². The highest BCUT2D eigenvalue weighted by Crippen LogP contribution is 2.51. The lowest BCUT2D eigenvalue weighted by atomic mass is 9.56. The van der Waals surface area contributed by atoms with Crippen LogP contribution in [-0.2, 0) is 19.1 Å². The zero-order valence-corrected chi connectivity index (χ0v) is 12.9. The van der Waals surface area contributed by atoms with Gasteiger partial charge in [0.1, 0.15) is 5.78 Å². The number of hydrogen-bond acceptors (Lipinski definition) is 4. The van der Waals surface area contributed by atoms with Gasteiger partial charge in [0.05, 0.1) is 12.9 Å². The van der Waals surface area contributed by atoms with E-state index in [1.54, 1.807) is 0 Å². The Kier molecular flexibility index (Phi) is 3.88. The van der Waals surface area contributed by atoms with Crippen molar-refractivity contribution in [1.29, 1.82) is 0 Å². The third-order valence-corrected chi connectivity index (χ3v) is 5.43. The Morgan fingerprint density at radius 1 is 1.19 bits per heavy atom. The third-order valence-electron chi connectivity index (χ3n) is 4.87. The molecule has 0 aliphatic heterocycles. The average Bonchev–Trinajstić information content (AvgIpc) is 2.45. The van der Waals surface area contributed by atoms with Gasteiger partial charge in [0.15, 0.2) is 0 Å². The normalized spacial score (nSPS) is 32.3. The summed E-state index contributed by atoms with van der Waals surface area (Å²) in [7, 11) is -3.47. The molecule has 4 rings (SSSR count). The first-order valence-corrected chi connectivity index (χ1v) is 9.19.